The highest BCUT2D eigenvalue weighted by Crippen LogP contribution is 2.31. The van der Waals surface area contributed by atoms with Crippen LogP contribution in [0.5, 0.6) is 0 Å². The first-order chi connectivity index (χ1) is 8.75. The minimum atomic E-state index is -0.104. The molecular formula is C13H12ClNO3. The van der Waals surface area contributed by atoms with E-state index in [4.69, 9.17) is 20.4 Å². The fourth-order valence-electron chi connectivity index (χ4n) is 1.92. The van der Waals surface area contributed by atoms with Crippen molar-refractivity contribution in [3.63, 3.8) is 0 Å². The van der Waals surface area contributed by atoms with Crippen LogP contribution in [0.25, 0.3) is 0 Å². The lowest BCUT2D eigenvalue weighted by Crippen LogP contribution is -2.32. The van der Waals surface area contributed by atoms with Crippen LogP contribution in [0.1, 0.15) is 29.0 Å². The van der Waals surface area contributed by atoms with Gasteiger partial charge in [0.05, 0.1) is 24.6 Å². The Morgan fingerprint density at radius 2 is 2.17 bits per heavy atom. The summed E-state index contributed by atoms with van der Waals surface area (Å²) < 4.78 is 10.3. The third-order valence-electron chi connectivity index (χ3n) is 3.00. The first-order valence-corrected chi connectivity index (χ1v) is 6.20. The number of nitrogens with zero attached hydrogens (tertiary/aromatic N) is 1. The van der Waals surface area contributed by atoms with Crippen molar-refractivity contribution >= 4 is 17.5 Å². The van der Waals surface area contributed by atoms with E-state index in [2.05, 4.69) is 0 Å². The predicted octanol–water partition coefficient (Wildman–Crippen LogP) is 3.33. The van der Waals surface area contributed by atoms with E-state index in [1.54, 1.807) is 17.2 Å². The van der Waals surface area contributed by atoms with Crippen molar-refractivity contribution < 1.29 is 13.6 Å². The first kappa shape index (κ1) is 11.4. The van der Waals surface area contributed by atoms with E-state index in [0.717, 1.165) is 18.6 Å². The van der Waals surface area contributed by atoms with E-state index in [9.17, 15) is 4.79 Å². The number of hydrogen-bond acceptors (Lipinski definition) is 3. The highest BCUT2D eigenvalue weighted by atomic mass is 35.5. The second-order valence-corrected chi connectivity index (χ2v) is 4.69. The average molecular weight is 266 g/mol. The summed E-state index contributed by atoms with van der Waals surface area (Å²) in [4.78, 5) is 14.2. The molecule has 0 saturated heterocycles. The summed E-state index contributed by atoms with van der Waals surface area (Å²) in [6, 6.07) is 5.56. The molecule has 0 radical (unpaired) electrons. The smallest absolute Gasteiger partial charge is 0.259 e. The van der Waals surface area contributed by atoms with Crippen molar-refractivity contribution in [2.24, 2.45) is 0 Å². The van der Waals surface area contributed by atoms with Crippen molar-refractivity contribution in [1.29, 1.82) is 0 Å². The van der Waals surface area contributed by atoms with E-state index in [0.29, 0.717) is 12.1 Å². The van der Waals surface area contributed by atoms with Crippen molar-refractivity contribution in [3.8, 4) is 0 Å². The molecule has 2 aromatic rings. The summed E-state index contributed by atoms with van der Waals surface area (Å²) in [6.07, 6.45) is 5.09. The summed E-state index contributed by atoms with van der Waals surface area (Å²) in [5.74, 6) is 0.669. The largest absolute Gasteiger partial charge is 0.467 e. The monoisotopic (exact) mass is 265 g/mol. The molecule has 3 rings (SSSR count). The maximum absolute atomic E-state index is 12.4. The molecule has 0 aliphatic heterocycles. The number of hydrogen-bond donors (Lipinski definition) is 0. The molecule has 4 nitrogen and oxygen atoms in total. The molecule has 0 unspecified atom stereocenters. The fourth-order valence-corrected chi connectivity index (χ4v) is 2.12. The maximum atomic E-state index is 12.4. The zero-order valence-corrected chi connectivity index (χ0v) is 10.4. The van der Waals surface area contributed by atoms with Crippen LogP contribution in [0.4, 0.5) is 0 Å². The van der Waals surface area contributed by atoms with Gasteiger partial charge in [0, 0.05) is 6.04 Å². The summed E-state index contributed by atoms with van der Waals surface area (Å²) in [5, 5.41) is 0.144. The van der Waals surface area contributed by atoms with Crippen LogP contribution in [0.2, 0.25) is 5.22 Å². The Morgan fingerprint density at radius 1 is 1.33 bits per heavy atom. The minimum absolute atomic E-state index is 0.104. The predicted molar refractivity (Wildman–Crippen MR) is 65.3 cm³/mol. The van der Waals surface area contributed by atoms with Crippen LogP contribution in [0.15, 0.2) is 39.6 Å². The van der Waals surface area contributed by atoms with Gasteiger partial charge in [0.25, 0.3) is 5.91 Å². The van der Waals surface area contributed by atoms with Gasteiger partial charge in [-0.2, -0.15) is 0 Å². The lowest BCUT2D eigenvalue weighted by atomic mass is 10.2. The van der Waals surface area contributed by atoms with Gasteiger partial charge in [-0.05, 0) is 42.6 Å². The quantitative estimate of drug-likeness (QED) is 0.852. The third kappa shape index (κ3) is 2.16. The molecule has 0 bridgehead atoms. The molecule has 5 heteroatoms. The highest BCUT2D eigenvalue weighted by Gasteiger charge is 2.34. The SMILES string of the molecule is O=C(c1ccoc1Cl)N(Cc1ccco1)C1CC1. The molecule has 94 valence electrons. The molecule has 1 saturated carbocycles. The number of carbonyl (C=O) groups is 1. The van der Waals surface area contributed by atoms with Crippen LogP contribution in [-0.4, -0.2) is 16.8 Å². The van der Waals surface area contributed by atoms with Gasteiger partial charge in [-0.25, -0.2) is 0 Å². The van der Waals surface area contributed by atoms with Crippen molar-refractivity contribution in [3.05, 3.63) is 47.3 Å². The molecule has 0 atom stereocenters. The molecule has 1 fully saturated rings. The van der Waals surface area contributed by atoms with E-state index >= 15 is 0 Å². The van der Waals surface area contributed by atoms with Crippen LogP contribution >= 0.6 is 11.6 Å². The van der Waals surface area contributed by atoms with Gasteiger partial charge in [-0.3, -0.25) is 4.79 Å². The summed E-state index contributed by atoms with van der Waals surface area (Å²) >= 11 is 5.85. The molecule has 2 heterocycles. The Hall–Kier alpha value is -1.68. The molecule has 0 spiro atoms. The number of rotatable bonds is 4. The maximum Gasteiger partial charge on any atom is 0.259 e. The van der Waals surface area contributed by atoms with Crippen molar-refractivity contribution in [2.45, 2.75) is 25.4 Å². The molecule has 1 aliphatic carbocycles. The second-order valence-electron chi connectivity index (χ2n) is 4.35. The number of halogens is 1. The van der Waals surface area contributed by atoms with Gasteiger partial charge >= 0.3 is 0 Å². The van der Waals surface area contributed by atoms with Crippen molar-refractivity contribution in [2.75, 3.05) is 0 Å². The van der Waals surface area contributed by atoms with Gasteiger partial charge < -0.3 is 13.7 Å². The minimum Gasteiger partial charge on any atom is -0.467 e. The summed E-state index contributed by atoms with van der Waals surface area (Å²) in [7, 11) is 0. The average Bonchev–Trinajstić information content (AvgIpc) is 2.89. The molecular weight excluding hydrogens is 254 g/mol. The van der Waals surface area contributed by atoms with Gasteiger partial charge in [0.2, 0.25) is 5.22 Å². The molecule has 0 aromatic carbocycles. The topological polar surface area (TPSA) is 46.6 Å². The molecule has 1 aliphatic rings. The second kappa shape index (κ2) is 4.53. The lowest BCUT2D eigenvalue weighted by molar-refractivity contribution is 0.0717. The van der Waals surface area contributed by atoms with Crippen LogP contribution in [0, 0.1) is 0 Å². The van der Waals surface area contributed by atoms with Gasteiger partial charge in [0.1, 0.15) is 5.76 Å². The Morgan fingerprint density at radius 3 is 2.72 bits per heavy atom. The Balaban J connectivity index is 1.82. The zero-order chi connectivity index (χ0) is 12.5. The van der Waals surface area contributed by atoms with E-state index < -0.39 is 0 Å². The van der Waals surface area contributed by atoms with E-state index in [1.807, 2.05) is 12.1 Å². The summed E-state index contributed by atoms with van der Waals surface area (Å²) in [6.45, 7) is 0.470. The number of furan rings is 2. The lowest BCUT2D eigenvalue weighted by Gasteiger charge is -2.20. The molecule has 2 aromatic heterocycles. The van der Waals surface area contributed by atoms with Crippen molar-refractivity contribution in [1.82, 2.24) is 4.90 Å². The number of carbonyl (C=O) groups excluding carboxylic acids is 1. The van der Waals surface area contributed by atoms with Crippen LogP contribution in [-0.2, 0) is 6.54 Å². The van der Waals surface area contributed by atoms with Crippen LogP contribution in [0.3, 0.4) is 0 Å². The first-order valence-electron chi connectivity index (χ1n) is 5.82. The Labute approximate surface area is 109 Å². The Kier molecular flexibility index (Phi) is 2.88. The zero-order valence-electron chi connectivity index (χ0n) is 9.64. The molecule has 18 heavy (non-hydrogen) atoms. The Bertz CT molecular complexity index is 542. The van der Waals surface area contributed by atoms with Crippen LogP contribution < -0.4 is 0 Å². The van der Waals surface area contributed by atoms with Gasteiger partial charge in [-0.1, -0.05) is 0 Å². The van der Waals surface area contributed by atoms with Gasteiger partial charge in [-0.15, -0.1) is 0 Å². The van der Waals surface area contributed by atoms with Gasteiger partial charge in [0.15, 0.2) is 0 Å². The number of amides is 1. The highest BCUT2D eigenvalue weighted by molar-refractivity contribution is 6.32. The third-order valence-corrected chi connectivity index (χ3v) is 3.30. The van der Waals surface area contributed by atoms with E-state index in [-0.39, 0.29) is 17.2 Å². The standard InChI is InChI=1S/C13H12ClNO3/c14-12-11(5-7-18-12)13(16)15(9-3-4-9)8-10-2-1-6-17-10/h1-2,5-7,9H,3-4,8H2. The molecule has 0 N–H and O–H groups in total. The summed E-state index contributed by atoms with van der Waals surface area (Å²) in [5.41, 5.74) is 0.412. The van der Waals surface area contributed by atoms with E-state index in [1.165, 1.54) is 6.26 Å². The fraction of sp³-hybridized carbons (Fsp3) is 0.308. The normalized spacial score (nSPS) is 14.7. The molecule has 1 amide bonds.